The molecule has 1 heterocycles. The summed E-state index contributed by atoms with van der Waals surface area (Å²) >= 11 is 0. The summed E-state index contributed by atoms with van der Waals surface area (Å²) < 4.78 is 16.0. The van der Waals surface area contributed by atoms with E-state index in [0.29, 0.717) is 29.4 Å². The van der Waals surface area contributed by atoms with Gasteiger partial charge in [-0.25, -0.2) is 0 Å². The van der Waals surface area contributed by atoms with Crippen LogP contribution in [0.2, 0.25) is 0 Å². The molecule has 0 radical (unpaired) electrons. The lowest BCUT2D eigenvalue weighted by molar-refractivity contribution is -0.132. The number of rotatable bonds is 8. The van der Waals surface area contributed by atoms with E-state index in [-0.39, 0.29) is 11.7 Å². The van der Waals surface area contributed by atoms with E-state index in [2.05, 4.69) is 10.3 Å². The lowest BCUT2D eigenvalue weighted by Gasteiger charge is -2.09. The van der Waals surface area contributed by atoms with Gasteiger partial charge in [0.05, 0.1) is 12.8 Å². The Bertz CT molecular complexity index is 1080. The topological polar surface area (TPSA) is 86.8 Å². The van der Waals surface area contributed by atoms with E-state index in [0.717, 1.165) is 5.69 Å². The van der Waals surface area contributed by atoms with Crippen molar-refractivity contribution in [2.24, 2.45) is 0 Å². The van der Waals surface area contributed by atoms with Crippen LogP contribution in [0.1, 0.15) is 18.2 Å². The van der Waals surface area contributed by atoms with Crippen LogP contribution in [0, 0.1) is 0 Å². The van der Waals surface area contributed by atoms with Gasteiger partial charge in [0.2, 0.25) is 5.91 Å². The predicted molar refractivity (Wildman–Crippen MR) is 117 cm³/mol. The number of nitrogens with zero attached hydrogens (tertiary/aromatic N) is 1. The highest BCUT2D eigenvalue weighted by Gasteiger charge is 2.08. The van der Waals surface area contributed by atoms with Gasteiger partial charge in [0.15, 0.2) is 11.5 Å². The number of carbonyl (C=O) groups excluding carboxylic acids is 2. The highest BCUT2D eigenvalue weighted by Crippen LogP contribution is 2.28. The number of benzene rings is 2. The van der Waals surface area contributed by atoms with Gasteiger partial charge in [-0.15, -0.1) is 0 Å². The summed E-state index contributed by atoms with van der Waals surface area (Å²) in [7, 11) is 1.49. The molecule has 0 atom stereocenters. The Morgan fingerprint density at radius 1 is 1.03 bits per heavy atom. The molecule has 0 aliphatic heterocycles. The van der Waals surface area contributed by atoms with Gasteiger partial charge in [-0.2, -0.15) is 0 Å². The Balaban J connectivity index is 1.61. The van der Waals surface area contributed by atoms with Gasteiger partial charge in [-0.3, -0.25) is 14.6 Å². The molecule has 0 spiro atoms. The summed E-state index contributed by atoms with van der Waals surface area (Å²) in [5.74, 6) is 0.567. The quantitative estimate of drug-likeness (QED) is 0.334. The van der Waals surface area contributed by atoms with Crippen molar-refractivity contribution in [3.05, 3.63) is 84.2 Å². The first-order valence-electron chi connectivity index (χ1n) is 9.52. The number of carbonyl (C=O) groups is 2. The van der Waals surface area contributed by atoms with Crippen molar-refractivity contribution in [3.63, 3.8) is 0 Å². The average Bonchev–Trinajstić information content (AvgIpc) is 2.77. The number of amides is 1. The van der Waals surface area contributed by atoms with Gasteiger partial charge in [-0.1, -0.05) is 18.2 Å². The van der Waals surface area contributed by atoms with E-state index < -0.39 is 5.97 Å². The summed E-state index contributed by atoms with van der Waals surface area (Å²) in [6.45, 7) is 1.64. The molecule has 0 saturated carbocycles. The molecule has 2 aromatic carbocycles. The Morgan fingerprint density at radius 2 is 1.90 bits per heavy atom. The van der Waals surface area contributed by atoms with Gasteiger partial charge in [0, 0.05) is 31.0 Å². The molecule has 7 nitrogen and oxygen atoms in total. The number of methoxy groups -OCH3 is 1. The van der Waals surface area contributed by atoms with Crippen LogP contribution in [0.15, 0.2) is 72.9 Å². The smallest absolute Gasteiger partial charge is 0.308 e. The fraction of sp³-hybridized carbons (Fsp3) is 0.125. The van der Waals surface area contributed by atoms with Crippen LogP contribution in [0.25, 0.3) is 6.08 Å². The monoisotopic (exact) mass is 418 g/mol. The Morgan fingerprint density at radius 3 is 2.65 bits per heavy atom. The van der Waals surface area contributed by atoms with Crippen LogP contribution in [0.5, 0.6) is 17.2 Å². The molecular weight excluding hydrogens is 396 g/mol. The van der Waals surface area contributed by atoms with Crippen LogP contribution in [-0.2, 0) is 16.2 Å². The van der Waals surface area contributed by atoms with Crippen LogP contribution in [0.4, 0.5) is 5.69 Å². The lowest BCUT2D eigenvalue weighted by atomic mass is 10.2. The minimum absolute atomic E-state index is 0.287. The zero-order chi connectivity index (χ0) is 22.1. The molecule has 0 fully saturated rings. The van der Waals surface area contributed by atoms with Gasteiger partial charge >= 0.3 is 5.97 Å². The molecule has 1 amide bonds. The summed E-state index contributed by atoms with van der Waals surface area (Å²) in [4.78, 5) is 27.8. The summed E-state index contributed by atoms with van der Waals surface area (Å²) in [5, 5.41) is 2.79. The van der Waals surface area contributed by atoms with Gasteiger partial charge in [0.25, 0.3) is 0 Å². The molecule has 31 heavy (non-hydrogen) atoms. The van der Waals surface area contributed by atoms with E-state index >= 15 is 0 Å². The average molecular weight is 418 g/mol. The van der Waals surface area contributed by atoms with Gasteiger partial charge in [-0.05, 0) is 48.0 Å². The van der Waals surface area contributed by atoms with E-state index in [4.69, 9.17) is 14.2 Å². The van der Waals surface area contributed by atoms with Gasteiger partial charge < -0.3 is 19.5 Å². The predicted octanol–water partition coefficient (Wildman–Crippen LogP) is 4.25. The SMILES string of the molecule is COc1ccc(C=CC(=O)Nc2cccc(OCc3ccccn3)c2)cc1OC(C)=O. The highest BCUT2D eigenvalue weighted by atomic mass is 16.6. The second-order valence-electron chi connectivity index (χ2n) is 6.46. The molecule has 0 aliphatic rings. The van der Waals surface area contributed by atoms with E-state index in [1.165, 1.54) is 20.1 Å². The van der Waals surface area contributed by atoms with E-state index in [9.17, 15) is 9.59 Å². The Kier molecular flexibility index (Phi) is 7.37. The number of nitrogens with one attached hydrogen (secondary N) is 1. The minimum Gasteiger partial charge on any atom is -0.493 e. The van der Waals surface area contributed by atoms with Crippen molar-refractivity contribution >= 4 is 23.6 Å². The van der Waals surface area contributed by atoms with E-state index in [1.807, 2.05) is 24.3 Å². The third-order valence-corrected chi connectivity index (χ3v) is 4.08. The van der Waals surface area contributed by atoms with Crippen LogP contribution >= 0.6 is 0 Å². The molecule has 0 aliphatic carbocycles. The van der Waals surface area contributed by atoms with Crippen LogP contribution in [-0.4, -0.2) is 24.0 Å². The normalized spacial score (nSPS) is 10.5. The fourth-order valence-electron chi connectivity index (χ4n) is 2.69. The second kappa shape index (κ2) is 10.6. The molecule has 1 aromatic heterocycles. The van der Waals surface area contributed by atoms with Crippen molar-refractivity contribution in [3.8, 4) is 17.2 Å². The number of aromatic nitrogens is 1. The number of anilines is 1. The zero-order valence-corrected chi connectivity index (χ0v) is 17.2. The molecule has 1 N–H and O–H groups in total. The van der Waals surface area contributed by atoms with Crippen molar-refractivity contribution in [2.75, 3.05) is 12.4 Å². The summed E-state index contributed by atoms with van der Waals surface area (Å²) in [6, 6.07) is 17.8. The van der Waals surface area contributed by atoms with Crippen LogP contribution in [0.3, 0.4) is 0 Å². The molecule has 0 unspecified atom stereocenters. The number of hydrogen-bond donors (Lipinski definition) is 1. The Hall–Kier alpha value is -4.13. The molecule has 0 saturated heterocycles. The maximum Gasteiger partial charge on any atom is 0.308 e. The zero-order valence-electron chi connectivity index (χ0n) is 17.2. The fourth-order valence-corrected chi connectivity index (χ4v) is 2.69. The molecule has 7 heteroatoms. The standard InChI is InChI=1S/C24H22N2O5/c1-17(27)31-23-14-18(9-11-22(23)29-2)10-12-24(28)26-19-7-5-8-21(15-19)30-16-20-6-3-4-13-25-20/h3-15H,16H2,1-2H3,(H,26,28). The number of ether oxygens (including phenoxy) is 3. The van der Waals surface area contributed by atoms with Gasteiger partial charge in [0.1, 0.15) is 12.4 Å². The molecule has 0 bridgehead atoms. The molecule has 158 valence electrons. The maximum atomic E-state index is 12.3. The lowest BCUT2D eigenvalue weighted by Crippen LogP contribution is -2.08. The number of esters is 1. The van der Waals surface area contributed by atoms with Crippen molar-refractivity contribution < 1.29 is 23.8 Å². The summed E-state index contributed by atoms with van der Waals surface area (Å²) in [5.41, 5.74) is 2.09. The summed E-state index contributed by atoms with van der Waals surface area (Å²) in [6.07, 6.45) is 4.71. The first-order valence-corrected chi connectivity index (χ1v) is 9.52. The third kappa shape index (κ3) is 6.71. The second-order valence-corrected chi connectivity index (χ2v) is 6.46. The third-order valence-electron chi connectivity index (χ3n) is 4.08. The first-order chi connectivity index (χ1) is 15.0. The highest BCUT2D eigenvalue weighted by molar-refractivity contribution is 6.02. The van der Waals surface area contributed by atoms with E-state index in [1.54, 1.807) is 48.7 Å². The first kappa shape index (κ1) is 21.6. The molecular formula is C24H22N2O5. The molecule has 3 aromatic rings. The van der Waals surface area contributed by atoms with Crippen molar-refractivity contribution in [2.45, 2.75) is 13.5 Å². The largest absolute Gasteiger partial charge is 0.493 e. The maximum absolute atomic E-state index is 12.3. The van der Waals surface area contributed by atoms with Crippen molar-refractivity contribution in [1.29, 1.82) is 0 Å². The van der Waals surface area contributed by atoms with Crippen LogP contribution < -0.4 is 19.5 Å². The Labute approximate surface area is 180 Å². The number of hydrogen-bond acceptors (Lipinski definition) is 6. The molecule has 3 rings (SSSR count). The number of pyridine rings is 1. The minimum atomic E-state index is -0.456. The van der Waals surface area contributed by atoms with Crippen molar-refractivity contribution in [1.82, 2.24) is 4.98 Å².